The minimum Gasteiger partial charge on any atom is -0.387 e. The van der Waals surface area contributed by atoms with Crippen LogP contribution in [0.25, 0.3) is 5.65 Å². The van der Waals surface area contributed by atoms with E-state index in [0.717, 1.165) is 0 Å². The zero-order valence-electron chi connectivity index (χ0n) is 17.9. The Morgan fingerprint density at radius 2 is 1.86 bits per heavy atom. The lowest BCUT2D eigenvalue weighted by molar-refractivity contribution is -0.0221. The fourth-order valence-electron chi connectivity index (χ4n) is 4.04. The number of ether oxygens (including phenoxy) is 1. The summed E-state index contributed by atoms with van der Waals surface area (Å²) in [5, 5.41) is 25.0. The topological polar surface area (TPSA) is 187 Å². The summed E-state index contributed by atoms with van der Waals surface area (Å²) in [5.41, 5.74) is 0.849. The van der Waals surface area contributed by atoms with Crippen molar-refractivity contribution in [3.8, 4) is 0 Å². The summed E-state index contributed by atoms with van der Waals surface area (Å²) in [6.07, 6.45) is -5.11. The second kappa shape index (κ2) is 9.56. The second-order valence-corrected chi connectivity index (χ2v) is 12.8. The molecule has 196 valence electrons. The van der Waals surface area contributed by atoms with Crippen LogP contribution in [-0.2, 0) is 18.4 Å². The molecule has 2 aromatic heterocycles. The third kappa shape index (κ3) is 6.02. The van der Waals surface area contributed by atoms with Crippen LogP contribution in [0, 0.1) is 0 Å². The molecular formula is C17H23ClF2N4O9P2. The van der Waals surface area contributed by atoms with Gasteiger partial charge in [-0.1, -0.05) is 11.6 Å². The number of hydrogen-bond donors (Lipinski definition) is 5. The van der Waals surface area contributed by atoms with Gasteiger partial charge in [0.25, 0.3) is 5.92 Å². The third-order valence-electron chi connectivity index (χ3n) is 5.74. The molecule has 0 aromatic carbocycles. The van der Waals surface area contributed by atoms with E-state index in [2.05, 4.69) is 10.1 Å². The van der Waals surface area contributed by atoms with Gasteiger partial charge < -0.3 is 39.1 Å². The highest BCUT2D eigenvalue weighted by Crippen LogP contribution is 2.55. The number of rotatable bonds is 7. The van der Waals surface area contributed by atoms with Gasteiger partial charge in [0, 0.05) is 32.0 Å². The van der Waals surface area contributed by atoms with Crippen molar-refractivity contribution in [1.82, 2.24) is 14.6 Å². The SMILES string of the molecule is O=P(O)(O)CP(=O)(O)OC[C@H]1O[C@@H](c2cnc3c(N4CCC(F)(F)CC4)cc(Cl)nn23)[C@H](O)[C@@H]1O. The van der Waals surface area contributed by atoms with Crippen LogP contribution < -0.4 is 4.90 Å². The van der Waals surface area contributed by atoms with Gasteiger partial charge >= 0.3 is 15.2 Å². The lowest BCUT2D eigenvalue weighted by Crippen LogP contribution is -2.39. The van der Waals surface area contributed by atoms with Crippen molar-refractivity contribution in [2.45, 2.75) is 43.2 Å². The van der Waals surface area contributed by atoms with E-state index >= 15 is 0 Å². The van der Waals surface area contributed by atoms with Crippen LogP contribution in [0.5, 0.6) is 0 Å². The minimum atomic E-state index is -4.85. The number of piperidine rings is 1. The number of fused-ring (bicyclic) bond motifs is 1. The molecule has 0 aliphatic carbocycles. The van der Waals surface area contributed by atoms with Crippen molar-refractivity contribution >= 4 is 38.1 Å². The fourth-order valence-corrected chi connectivity index (χ4v) is 6.78. The van der Waals surface area contributed by atoms with Crippen LogP contribution in [0.15, 0.2) is 12.3 Å². The molecule has 13 nitrogen and oxygen atoms in total. The van der Waals surface area contributed by atoms with Crippen molar-refractivity contribution < 1.29 is 52.1 Å². The van der Waals surface area contributed by atoms with Gasteiger partial charge in [0.1, 0.15) is 24.4 Å². The van der Waals surface area contributed by atoms with Gasteiger partial charge in [0.15, 0.2) is 16.7 Å². The van der Waals surface area contributed by atoms with Crippen LogP contribution >= 0.6 is 26.8 Å². The third-order valence-corrected chi connectivity index (χ3v) is 9.38. The van der Waals surface area contributed by atoms with Crippen LogP contribution in [0.4, 0.5) is 14.5 Å². The van der Waals surface area contributed by atoms with Crippen molar-refractivity contribution in [1.29, 1.82) is 0 Å². The summed E-state index contributed by atoms with van der Waals surface area (Å²) in [6.45, 7) is -0.635. The van der Waals surface area contributed by atoms with E-state index in [4.69, 9.17) is 30.6 Å². The average molecular weight is 563 g/mol. The van der Waals surface area contributed by atoms with Crippen LogP contribution in [0.3, 0.4) is 0 Å². The van der Waals surface area contributed by atoms with Crippen LogP contribution in [0.1, 0.15) is 24.6 Å². The molecule has 5 atom stereocenters. The zero-order valence-corrected chi connectivity index (χ0v) is 20.4. The standard InChI is InChI=1S/C17H23ClF2N4O9P2/c18-12-5-9(23-3-1-17(19,20)2-4-23)16-21-6-10(24(16)22-12)15-14(26)13(25)11(33-15)7-32-35(30,31)8-34(27,28)29/h5-6,11,13-15,25-26H,1-4,7-8H2,(H,30,31)(H2,27,28,29)/t11-,13-,14-,15+/m1/s1. The second-order valence-electron chi connectivity index (χ2n) is 8.43. The zero-order chi connectivity index (χ0) is 25.8. The summed E-state index contributed by atoms with van der Waals surface area (Å²) in [7, 11) is -9.56. The summed E-state index contributed by atoms with van der Waals surface area (Å²) in [4.78, 5) is 33.3. The van der Waals surface area contributed by atoms with Gasteiger partial charge in [0.2, 0.25) is 0 Å². The summed E-state index contributed by atoms with van der Waals surface area (Å²) in [6, 6.07) is 1.48. The fraction of sp³-hybridized carbons (Fsp3) is 0.647. The molecule has 5 N–H and O–H groups in total. The normalized spacial score (nSPS) is 29.0. The summed E-state index contributed by atoms with van der Waals surface area (Å²) in [5.74, 6) is -4.18. The number of aromatic nitrogens is 3. The van der Waals surface area contributed by atoms with Gasteiger partial charge in [-0.05, 0) is 0 Å². The monoisotopic (exact) mass is 562 g/mol. The number of imidazole rings is 1. The summed E-state index contributed by atoms with van der Waals surface area (Å²) >= 11 is 6.15. The Morgan fingerprint density at radius 3 is 2.49 bits per heavy atom. The summed E-state index contributed by atoms with van der Waals surface area (Å²) < 4.78 is 61.6. The Balaban J connectivity index is 1.55. The van der Waals surface area contributed by atoms with Gasteiger partial charge in [0.05, 0.1) is 24.2 Å². The number of anilines is 1. The number of alkyl halides is 2. The maximum absolute atomic E-state index is 13.6. The Hall–Kier alpha value is -1.25. The van der Waals surface area contributed by atoms with Gasteiger partial charge in [-0.15, -0.1) is 0 Å². The number of aliphatic hydroxyl groups excluding tert-OH is 2. The molecule has 0 spiro atoms. The Labute approximate surface area is 201 Å². The smallest absolute Gasteiger partial charge is 0.340 e. The minimum absolute atomic E-state index is 0.00987. The molecule has 0 radical (unpaired) electrons. The quantitative estimate of drug-likeness (QED) is 0.303. The molecule has 2 saturated heterocycles. The molecule has 1 unspecified atom stereocenters. The highest BCUT2D eigenvalue weighted by molar-refractivity contribution is 7.70. The first-order chi connectivity index (χ1) is 16.2. The Bertz CT molecular complexity index is 1190. The molecule has 4 heterocycles. The number of halogens is 3. The molecule has 2 aliphatic heterocycles. The van der Waals surface area contributed by atoms with E-state index in [0.29, 0.717) is 5.69 Å². The first-order valence-corrected chi connectivity index (χ1v) is 14.3. The van der Waals surface area contributed by atoms with E-state index in [1.165, 1.54) is 16.8 Å². The van der Waals surface area contributed by atoms with E-state index in [1.54, 1.807) is 4.90 Å². The molecule has 0 amide bonds. The number of hydrogen-bond acceptors (Lipinski definition) is 9. The van der Waals surface area contributed by atoms with Gasteiger partial charge in [-0.2, -0.15) is 5.10 Å². The molecule has 0 bridgehead atoms. The maximum atomic E-state index is 13.6. The lowest BCUT2D eigenvalue weighted by Gasteiger charge is -2.33. The van der Waals surface area contributed by atoms with Crippen molar-refractivity contribution in [3.63, 3.8) is 0 Å². The van der Waals surface area contributed by atoms with E-state index < -0.39 is 58.0 Å². The van der Waals surface area contributed by atoms with Crippen LogP contribution in [-0.4, -0.2) is 89.3 Å². The molecule has 4 rings (SSSR count). The molecule has 18 heteroatoms. The highest BCUT2D eigenvalue weighted by atomic mass is 35.5. The number of aliphatic hydroxyl groups is 2. The largest absolute Gasteiger partial charge is 0.387 e. The van der Waals surface area contributed by atoms with Crippen molar-refractivity contribution in [2.75, 3.05) is 30.5 Å². The predicted octanol–water partition coefficient (Wildman–Crippen LogP) is 1.12. The first kappa shape index (κ1) is 26.8. The maximum Gasteiger partial charge on any atom is 0.340 e. The van der Waals surface area contributed by atoms with E-state index in [9.17, 15) is 33.0 Å². The van der Waals surface area contributed by atoms with Crippen molar-refractivity contribution in [3.05, 3.63) is 23.1 Å². The molecule has 0 saturated carbocycles. The Kier molecular flexibility index (Phi) is 7.32. The highest BCUT2D eigenvalue weighted by Gasteiger charge is 2.46. The molecule has 35 heavy (non-hydrogen) atoms. The number of nitrogens with zero attached hydrogens (tertiary/aromatic N) is 4. The van der Waals surface area contributed by atoms with Gasteiger partial charge in [-0.3, -0.25) is 9.13 Å². The van der Waals surface area contributed by atoms with Gasteiger partial charge in [-0.25, -0.2) is 18.3 Å². The average Bonchev–Trinajstić information content (AvgIpc) is 3.25. The molecule has 2 fully saturated rings. The molecular weight excluding hydrogens is 540 g/mol. The van der Waals surface area contributed by atoms with E-state index in [1.807, 2.05) is 0 Å². The molecule has 2 aliphatic rings. The van der Waals surface area contributed by atoms with Crippen LogP contribution in [0.2, 0.25) is 5.15 Å². The molecule has 2 aromatic rings. The Morgan fingerprint density at radius 1 is 1.20 bits per heavy atom. The lowest BCUT2D eigenvalue weighted by atomic mass is 10.1. The predicted molar refractivity (Wildman–Crippen MR) is 117 cm³/mol. The first-order valence-electron chi connectivity index (χ1n) is 10.4. The van der Waals surface area contributed by atoms with Crippen molar-refractivity contribution in [2.24, 2.45) is 0 Å². The van der Waals surface area contributed by atoms with E-state index in [-0.39, 0.29) is 42.4 Å².